The number of nitrogens with one attached hydrogen (secondary N) is 1. The van der Waals surface area contributed by atoms with Crippen LogP contribution in [0, 0.1) is 0 Å². The van der Waals surface area contributed by atoms with Crippen LogP contribution in [0.25, 0.3) is 10.9 Å². The van der Waals surface area contributed by atoms with Gasteiger partial charge in [0.25, 0.3) is 0 Å². The molecular formula is C11H13NO. The molecule has 1 heterocycles. The molecule has 2 heteroatoms. The number of aromatic amines is 1. The van der Waals surface area contributed by atoms with Crippen molar-refractivity contribution in [2.45, 2.75) is 19.8 Å². The number of benzene rings is 1. The molecule has 0 aliphatic rings. The van der Waals surface area contributed by atoms with Gasteiger partial charge in [0.1, 0.15) is 5.75 Å². The highest BCUT2D eigenvalue weighted by atomic mass is 16.3. The number of H-pyrrole nitrogens is 1. The molecule has 0 aliphatic carbocycles. The molecule has 0 fully saturated rings. The number of aromatic hydroxyl groups is 1. The first-order valence-electron chi connectivity index (χ1n) is 4.60. The Kier molecular flexibility index (Phi) is 1.97. The number of aryl methyl sites for hydroxylation is 1. The monoisotopic (exact) mass is 175 g/mol. The van der Waals surface area contributed by atoms with Crippen molar-refractivity contribution in [3.8, 4) is 5.75 Å². The van der Waals surface area contributed by atoms with E-state index >= 15 is 0 Å². The van der Waals surface area contributed by atoms with Gasteiger partial charge < -0.3 is 10.1 Å². The molecule has 0 atom stereocenters. The average molecular weight is 175 g/mol. The zero-order chi connectivity index (χ0) is 9.26. The fourth-order valence-electron chi connectivity index (χ4n) is 1.65. The summed E-state index contributed by atoms with van der Waals surface area (Å²) < 4.78 is 0. The van der Waals surface area contributed by atoms with Gasteiger partial charge in [-0.05, 0) is 24.1 Å². The maximum absolute atomic E-state index is 9.25. The van der Waals surface area contributed by atoms with Crippen molar-refractivity contribution in [2.75, 3.05) is 0 Å². The van der Waals surface area contributed by atoms with Crippen molar-refractivity contribution in [1.82, 2.24) is 4.98 Å². The number of rotatable bonds is 2. The Morgan fingerprint density at radius 1 is 1.38 bits per heavy atom. The Labute approximate surface area is 77.2 Å². The van der Waals surface area contributed by atoms with Crippen LogP contribution >= 0.6 is 0 Å². The van der Waals surface area contributed by atoms with E-state index < -0.39 is 0 Å². The maximum Gasteiger partial charge on any atom is 0.117 e. The molecule has 2 nitrogen and oxygen atoms in total. The molecule has 0 amide bonds. The Bertz CT molecular complexity index is 417. The highest BCUT2D eigenvalue weighted by Gasteiger charge is 2.02. The number of phenols is 1. The minimum atomic E-state index is 0.317. The third-order valence-electron chi connectivity index (χ3n) is 2.27. The minimum Gasteiger partial charge on any atom is -0.508 e. The molecule has 68 valence electrons. The molecule has 2 rings (SSSR count). The Morgan fingerprint density at radius 3 is 3.00 bits per heavy atom. The summed E-state index contributed by atoms with van der Waals surface area (Å²) in [6.07, 6.45) is 4.26. The van der Waals surface area contributed by atoms with Gasteiger partial charge in [0, 0.05) is 23.2 Å². The lowest BCUT2D eigenvalue weighted by molar-refractivity contribution is 0.476. The van der Waals surface area contributed by atoms with E-state index in [0.717, 1.165) is 18.4 Å². The minimum absolute atomic E-state index is 0.317. The molecule has 0 spiro atoms. The van der Waals surface area contributed by atoms with E-state index in [4.69, 9.17) is 0 Å². The van der Waals surface area contributed by atoms with Gasteiger partial charge in [-0.15, -0.1) is 0 Å². The van der Waals surface area contributed by atoms with Crippen LogP contribution < -0.4 is 0 Å². The van der Waals surface area contributed by atoms with Crippen LogP contribution in [0.3, 0.4) is 0 Å². The molecule has 1 aromatic heterocycles. The van der Waals surface area contributed by atoms with E-state index in [9.17, 15) is 5.11 Å². The quantitative estimate of drug-likeness (QED) is 0.723. The van der Waals surface area contributed by atoms with Gasteiger partial charge in [0.2, 0.25) is 0 Å². The highest BCUT2D eigenvalue weighted by Crippen LogP contribution is 2.23. The summed E-state index contributed by atoms with van der Waals surface area (Å²) in [7, 11) is 0. The van der Waals surface area contributed by atoms with Crippen molar-refractivity contribution in [1.29, 1.82) is 0 Å². The Hall–Kier alpha value is -1.44. The summed E-state index contributed by atoms with van der Waals surface area (Å²) in [6.45, 7) is 2.17. The van der Waals surface area contributed by atoms with Crippen LogP contribution in [0.1, 0.15) is 18.9 Å². The smallest absolute Gasteiger partial charge is 0.117 e. The predicted octanol–water partition coefficient (Wildman–Crippen LogP) is 2.83. The van der Waals surface area contributed by atoms with Gasteiger partial charge in [-0.3, -0.25) is 0 Å². The van der Waals surface area contributed by atoms with Crippen molar-refractivity contribution >= 4 is 10.9 Å². The molecule has 0 saturated heterocycles. The standard InChI is InChI=1S/C11H13NO/c1-2-3-8-7-12-11-6-9(13)4-5-10(8)11/h4-7,12-13H,2-3H2,1H3. The maximum atomic E-state index is 9.25. The van der Waals surface area contributed by atoms with E-state index in [1.165, 1.54) is 10.9 Å². The van der Waals surface area contributed by atoms with Gasteiger partial charge in [0.05, 0.1) is 0 Å². The molecule has 13 heavy (non-hydrogen) atoms. The van der Waals surface area contributed by atoms with Crippen molar-refractivity contribution < 1.29 is 5.11 Å². The largest absolute Gasteiger partial charge is 0.508 e. The molecule has 0 bridgehead atoms. The fourth-order valence-corrected chi connectivity index (χ4v) is 1.65. The van der Waals surface area contributed by atoms with Crippen LogP contribution in [0.5, 0.6) is 5.75 Å². The number of fused-ring (bicyclic) bond motifs is 1. The molecule has 2 N–H and O–H groups in total. The molecule has 1 aromatic carbocycles. The predicted molar refractivity (Wildman–Crippen MR) is 54.0 cm³/mol. The lowest BCUT2D eigenvalue weighted by atomic mass is 10.1. The summed E-state index contributed by atoms with van der Waals surface area (Å²) in [5, 5.41) is 10.5. The van der Waals surface area contributed by atoms with Gasteiger partial charge in [0.15, 0.2) is 0 Å². The van der Waals surface area contributed by atoms with Crippen LogP contribution in [-0.4, -0.2) is 10.1 Å². The van der Waals surface area contributed by atoms with E-state index in [2.05, 4.69) is 11.9 Å². The third-order valence-corrected chi connectivity index (χ3v) is 2.27. The summed E-state index contributed by atoms with van der Waals surface area (Å²) in [4.78, 5) is 3.15. The van der Waals surface area contributed by atoms with Gasteiger partial charge in [-0.25, -0.2) is 0 Å². The molecule has 2 aromatic rings. The number of phenolic OH excluding ortho intramolecular Hbond substituents is 1. The summed E-state index contributed by atoms with van der Waals surface area (Å²) >= 11 is 0. The number of aromatic nitrogens is 1. The molecule has 0 unspecified atom stereocenters. The second-order valence-corrected chi connectivity index (χ2v) is 3.29. The van der Waals surface area contributed by atoms with Crippen LogP contribution in [0.4, 0.5) is 0 Å². The van der Waals surface area contributed by atoms with E-state index in [1.807, 2.05) is 12.3 Å². The first-order valence-corrected chi connectivity index (χ1v) is 4.60. The van der Waals surface area contributed by atoms with Crippen LogP contribution in [0.15, 0.2) is 24.4 Å². The van der Waals surface area contributed by atoms with E-state index in [1.54, 1.807) is 12.1 Å². The highest BCUT2D eigenvalue weighted by molar-refractivity contribution is 5.84. The van der Waals surface area contributed by atoms with Crippen molar-refractivity contribution in [3.63, 3.8) is 0 Å². The number of hydrogen-bond donors (Lipinski definition) is 2. The fraction of sp³-hybridized carbons (Fsp3) is 0.273. The van der Waals surface area contributed by atoms with E-state index in [-0.39, 0.29) is 0 Å². The van der Waals surface area contributed by atoms with Crippen molar-refractivity contribution in [3.05, 3.63) is 30.0 Å². The molecule has 0 aliphatic heterocycles. The molecule has 0 saturated carbocycles. The second kappa shape index (κ2) is 3.13. The first kappa shape index (κ1) is 8.17. The SMILES string of the molecule is CCCc1c[nH]c2cc(O)ccc12. The second-order valence-electron chi connectivity index (χ2n) is 3.29. The topological polar surface area (TPSA) is 36.0 Å². The van der Waals surface area contributed by atoms with Gasteiger partial charge in [-0.2, -0.15) is 0 Å². The van der Waals surface area contributed by atoms with Crippen LogP contribution in [0.2, 0.25) is 0 Å². The average Bonchev–Trinajstić information content (AvgIpc) is 2.49. The zero-order valence-corrected chi connectivity index (χ0v) is 7.67. The first-order chi connectivity index (χ1) is 6.31. The van der Waals surface area contributed by atoms with Crippen LogP contribution in [-0.2, 0) is 6.42 Å². The third kappa shape index (κ3) is 1.39. The lowest BCUT2D eigenvalue weighted by Gasteiger charge is -1.95. The normalized spacial score (nSPS) is 10.8. The summed E-state index contributed by atoms with van der Waals surface area (Å²) in [5.74, 6) is 0.317. The number of hydrogen-bond acceptors (Lipinski definition) is 1. The molecule has 0 radical (unpaired) electrons. The summed E-state index contributed by atoms with van der Waals surface area (Å²) in [6, 6.07) is 5.45. The lowest BCUT2D eigenvalue weighted by Crippen LogP contribution is -1.78. The van der Waals surface area contributed by atoms with Gasteiger partial charge >= 0.3 is 0 Å². The van der Waals surface area contributed by atoms with E-state index in [0.29, 0.717) is 5.75 Å². The van der Waals surface area contributed by atoms with Crippen molar-refractivity contribution in [2.24, 2.45) is 0 Å². The Morgan fingerprint density at radius 2 is 2.23 bits per heavy atom. The molecular weight excluding hydrogens is 162 g/mol. The Balaban J connectivity index is 2.55. The zero-order valence-electron chi connectivity index (χ0n) is 7.67. The summed E-state index contributed by atoms with van der Waals surface area (Å²) in [5.41, 5.74) is 2.35. The van der Waals surface area contributed by atoms with Gasteiger partial charge in [-0.1, -0.05) is 13.3 Å².